The number of hydrogen-bond donors (Lipinski definition) is 0. The molecular formula is C21H19BrN2O3S. The second-order valence-corrected chi connectivity index (χ2v) is 9.36. The molecule has 3 aromatic rings. The standard InChI is InChI=1S/C21H19BrN2O3S/c22-20-7-4-13-23-21(20)27-18-12-14-24(15-18)28(25,26)19-10-8-17(9-11-19)16-5-2-1-3-6-16/h1-11,13,18H,12,14-15H2. The van der Waals surface area contributed by atoms with E-state index in [0.29, 0.717) is 30.3 Å². The lowest BCUT2D eigenvalue weighted by Crippen LogP contribution is -2.31. The predicted molar refractivity (Wildman–Crippen MR) is 112 cm³/mol. The van der Waals surface area contributed by atoms with Crippen LogP contribution in [0.1, 0.15) is 6.42 Å². The zero-order valence-electron chi connectivity index (χ0n) is 15.0. The van der Waals surface area contributed by atoms with Gasteiger partial charge in [0.1, 0.15) is 6.10 Å². The minimum absolute atomic E-state index is 0.218. The lowest BCUT2D eigenvalue weighted by molar-refractivity contribution is 0.205. The number of hydrogen-bond acceptors (Lipinski definition) is 4. The SMILES string of the molecule is O=S(=O)(c1ccc(-c2ccccc2)cc1)N1CCC(Oc2ncccc2Br)C1. The van der Waals surface area contributed by atoms with Gasteiger partial charge in [0.2, 0.25) is 15.9 Å². The normalized spacial score (nSPS) is 17.5. The van der Waals surface area contributed by atoms with Crippen LogP contribution in [-0.4, -0.2) is 36.9 Å². The summed E-state index contributed by atoms with van der Waals surface area (Å²) in [6, 6.07) is 20.6. The van der Waals surface area contributed by atoms with Crippen LogP contribution in [0.15, 0.2) is 82.3 Å². The van der Waals surface area contributed by atoms with Gasteiger partial charge < -0.3 is 4.74 Å². The monoisotopic (exact) mass is 458 g/mol. The van der Waals surface area contributed by atoms with Crippen molar-refractivity contribution >= 4 is 26.0 Å². The Labute approximate surface area is 173 Å². The van der Waals surface area contributed by atoms with Gasteiger partial charge in [0.05, 0.1) is 15.9 Å². The summed E-state index contributed by atoms with van der Waals surface area (Å²) in [6.45, 7) is 0.740. The Morgan fingerprint density at radius 1 is 0.964 bits per heavy atom. The van der Waals surface area contributed by atoms with Gasteiger partial charge in [0.15, 0.2) is 0 Å². The summed E-state index contributed by atoms with van der Waals surface area (Å²) in [7, 11) is -3.55. The molecule has 0 radical (unpaired) electrons. The van der Waals surface area contributed by atoms with Crippen molar-refractivity contribution in [3.8, 4) is 17.0 Å². The molecule has 7 heteroatoms. The van der Waals surface area contributed by atoms with Gasteiger partial charge in [0, 0.05) is 12.7 Å². The number of halogens is 1. The van der Waals surface area contributed by atoms with Crippen LogP contribution < -0.4 is 4.74 Å². The van der Waals surface area contributed by atoms with Crippen LogP contribution in [0.4, 0.5) is 0 Å². The molecule has 0 spiro atoms. The molecule has 2 heterocycles. The maximum Gasteiger partial charge on any atom is 0.243 e. The Hall–Kier alpha value is -2.22. The fourth-order valence-corrected chi connectivity index (χ4v) is 5.06. The van der Waals surface area contributed by atoms with E-state index in [0.717, 1.165) is 15.6 Å². The summed E-state index contributed by atoms with van der Waals surface area (Å²) in [5, 5.41) is 0. The number of sulfonamides is 1. The van der Waals surface area contributed by atoms with Gasteiger partial charge in [-0.3, -0.25) is 0 Å². The summed E-state index contributed by atoms with van der Waals surface area (Å²) in [5.41, 5.74) is 2.05. The Kier molecular flexibility index (Phi) is 5.48. The fourth-order valence-electron chi connectivity index (χ4n) is 3.23. The molecule has 0 amide bonds. The van der Waals surface area contributed by atoms with E-state index in [1.807, 2.05) is 54.6 Å². The highest BCUT2D eigenvalue weighted by Gasteiger charge is 2.34. The van der Waals surface area contributed by atoms with E-state index in [4.69, 9.17) is 4.74 Å². The molecule has 28 heavy (non-hydrogen) atoms. The number of rotatable bonds is 5. The molecule has 0 N–H and O–H groups in total. The first-order valence-electron chi connectivity index (χ1n) is 8.97. The largest absolute Gasteiger partial charge is 0.472 e. The van der Waals surface area contributed by atoms with E-state index in [1.165, 1.54) is 4.31 Å². The molecule has 1 aromatic heterocycles. The first kappa shape index (κ1) is 19.1. The number of ether oxygens (including phenoxy) is 1. The van der Waals surface area contributed by atoms with Crippen molar-refractivity contribution in [1.29, 1.82) is 0 Å². The molecular weight excluding hydrogens is 440 g/mol. The quantitative estimate of drug-likeness (QED) is 0.569. The van der Waals surface area contributed by atoms with E-state index in [-0.39, 0.29) is 6.10 Å². The topological polar surface area (TPSA) is 59.5 Å². The first-order valence-corrected chi connectivity index (χ1v) is 11.2. The molecule has 1 aliphatic heterocycles. The molecule has 1 fully saturated rings. The van der Waals surface area contributed by atoms with Gasteiger partial charge in [-0.15, -0.1) is 0 Å². The summed E-state index contributed by atoms with van der Waals surface area (Å²) in [6.07, 6.45) is 2.06. The highest BCUT2D eigenvalue weighted by atomic mass is 79.9. The molecule has 0 aliphatic carbocycles. The summed E-state index contributed by atoms with van der Waals surface area (Å²) >= 11 is 3.40. The minimum Gasteiger partial charge on any atom is -0.472 e. The molecule has 1 saturated heterocycles. The van der Waals surface area contributed by atoms with Crippen molar-refractivity contribution in [3.63, 3.8) is 0 Å². The molecule has 0 bridgehead atoms. The van der Waals surface area contributed by atoms with Crippen molar-refractivity contribution < 1.29 is 13.2 Å². The molecule has 1 atom stereocenters. The van der Waals surface area contributed by atoms with Gasteiger partial charge in [-0.05, 0) is 57.7 Å². The zero-order chi connectivity index (χ0) is 19.6. The summed E-state index contributed by atoms with van der Waals surface area (Å²) in [4.78, 5) is 4.49. The average Bonchev–Trinajstić information content (AvgIpc) is 3.20. The molecule has 4 rings (SSSR count). The lowest BCUT2D eigenvalue weighted by Gasteiger charge is -2.17. The molecule has 144 valence electrons. The van der Waals surface area contributed by atoms with Gasteiger partial charge in [0.25, 0.3) is 0 Å². The number of pyridine rings is 1. The van der Waals surface area contributed by atoms with Crippen LogP contribution in [0.3, 0.4) is 0 Å². The lowest BCUT2D eigenvalue weighted by atomic mass is 10.1. The van der Waals surface area contributed by atoms with E-state index < -0.39 is 10.0 Å². The van der Waals surface area contributed by atoms with E-state index in [2.05, 4.69) is 20.9 Å². The van der Waals surface area contributed by atoms with E-state index in [1.54, 1.807) is 18.3 Å². The average molecular weight is 459 g/mol. The van der Waals surface area contributed by atoms with Crippen LogP contribution in [0.25, 0.3) is 11.1 Å². The van der Waals surface area contributed by atoms with Crippen LogP contribution >= 0.6 is 15.9 Å². The maximum absolute atomic E-state index is 13.0. The van der Waals surface area contributed by atoms with Crippen molar-refractivity contribution in [3.05, 3.63) is 77.4 Å². The van der Waals surface area contributed by atoms with Crippen LogP contribution in [0.5, 0.6) is 5.88 Å². The van der Waals surface area contributed by atoms with Gasteiger partial charge >= 0.3 is 0 Å². The third-order valence-corrected chi connectivity index (χ3v) is 7.19. The second-order valence-electron chi connectivity index (χ2n) is 6.57. The molecule has 1 unspecified atom stereocenters. The van der Waals surface area contributed by atoms with Gasteiger partial charge in [-0.2, -0.15) is 4.31 Å². The molecule has 0 saturated carbocycles. The summed E-state index contributed by atoms with van der Waals surface area (Å²) in [5.74, 6) is 0.485. The van der Waals surface area contributed by atoms with Gasteiger partial charge in [-0.1, -0.05) is 42.5 Å². The Morgan fingerprint density at radius 2 is 1.68 bits per heavy atom. The fraction of sp³-hybridized carbons (Fsp3) is 0.190. The van der Waals surface area contributed by atoms with Crippen molar-refractivity contribution in [1.82, 2.24) is 9.29 Å². The van der Waals surface area contributed by atoms with Crippen LogP contribution in [0, 0.1) is 0 Å². The summed E-state index contributed by atoms with van der Waals surface area (Å²) < 4.78 is 34.1. The maximum atomic E-state index is 13.0. The second kappa shape index (κ2) is 8.03. The predicted octanol–water partition coefficient (Wildman–Crippen LogP) is 4.35. The third-order valence-electron chi connectivity index (χ3n) is 4.71. The Morgan fingerprint density at radius 3 is 2.39 bits per heavy atom. The molecule has 5 nitrogen and oxygen atoms in total. The van der Waals surface area contributed by atoms with Crippen LogP contribution in [0.2, 0.25) is 0 Å². The highest BCUT2D eigenvalue weighted by Crippen LogP contribution is 2.28. The van der Waals surface area contributed by atoms with E-state index >= 15 is 0 Å². The van der Waals surface area contributed by atoms with Crippen molar-refractivity contribution in [2.24, 2.45) is 0 Å². The van der Waals surface area contributed by atoms with Crippen LogP contribution in [-0.2, 0) is 10.0 Å². The van der Waals surface area contributed by atoms with Crippen molar-refractivity contribution in [2.75, 3.05) is 13.1 Å². The van der Waals surface area contributed by atoms with Crippen molar-refractivity contribution in [2.45, 2.75) is 17.4 Å². The molecule has 2 aromatic carbocycles. The highest BCUT2D eigenvalue weighted by molar-refractivity contribution is 9.10. The Balaban J connectivity index is 1.47. The number of nitrogens with zero attached hydrogens (tertiary/aromatic N) is 2. The number of aromatic nitrogens is 1. The smallest absolute Gasteiger partial charge is 0.243 e. The number of benzene rings is 2. The van der Waals surface area contributed by atoms with E-state index in [9.17, 15) is 8.42 Å². The van der Waals surface area contributed by atoms with Gasteiger partial charge in [-0.25, -0.2) is 13.4 Å². The third kappa shape index (κ3) is 3.97. The zero-order valence-corrected chi connectivity index (χ0v) is 17.4. The molecule has 1 aliphatic rings. The minimum atomic E-state index is -3.55. The first-order chi connectivity index (χ1) is 13.5. The Bertz CT molecular complexity index is 1060.